The van der Waals surface area contributed by atoms with Crippen LogP contribution in [0.1, 0.15) is 29.2 Å². The Morgan fingerprint density at radius 2 is 2.26 bits per heavy atom. The van der Waals surface area contributed by atoms with E-state index >= 15 is 0 Å². The van der Waals surface area contributed by atoms with Crippen molar-refractivity contribution >= 4 is 11.3 Å². The fraction of sp³-hybridized carbons (Fsp3) is 0.429. The highest BCUT2D eigenvalue weighted by molar-refractivity contribution is 7.10. The molecule has 0 aliphatic carbocycles. The third kappa shape index (κ3) is 3.52. The third-order valence-corrected chi connectivity index (χ3v) is 4.16. The number of thiophene rings is 1. The highest BCUT2D eigenvalue weighted by Crippen LogP contribution is 2.17. The van der Waals surface area contributed by atoms with Crippen LogP contribution in [0.3, 0.4) is 0 Å². The predicted molar refractivity (Wildman–Crippen MR) is 78.7 cm³/mol. The highest BCUT2D eigenvalue weighted by atomic mass is 32.1. The van der Waals surface area contributed by atoms with Crippen molar-refractivity contribution < 1.29 is 0 Å². The number of aromatic nitrogens is 2. The zero-order valence-corrected chi connectivity index (χ0v) is 12.3. The van der Waals surface area contributed by atoms with Gasteiger partial charge in [0.2, 0.25) is 0 Å². The van der Waals surface area contributed by atoms with Gasteiger partial charge in [-0.15, -0.1) is 11.3 Å². The molecule has 0 aromatic carbocycles. The zero-order valence-electron chi connectivity index (χ0n) is 11.5. The first-order valence-corrected chi connectivity index (χ1v) is 7.28. The lowest BCUT2D eigenvalue weighted by Crippen LogP contribution is -2.31. The lowest BCUT2D eigenvalue weighted by Gasteiger charge is -2.14. The average Bonchev–Trinajstić information content (AvgIpc) is 2.85. The SMILES string of the molecule is Cc1cc(C)n(CCNC(C)c2cccs2)c(=O)n1. The highest BCUT2D eigenvalue weighted by Gasteiger charge is 2.06. The van der Waals surface area contributed by atoms with Crippen molar-refractivity contribution in [2.24, 2.45) is 0 Å². The van der Waals surface area contributed by atoms with E-state index in [0.29, 0.717) is 12.6 Å². The normalized spacial score (nSPS) is 12.6. The summed E-state index contributed by atoms with van der Waals surface area (Å²) in [7, 11) is 0. The van der Waals surface area contributed by atoms with Crippen LogP contribution in [-0.4, -0.2) is 16.1 Å². The number of aryl methyl sites for hydroxylation is 2. The lowest BCUT2D eigenvalue weighted by molar-refractivity contribution is 0.517. The van der Waals surface area contributed by atoms with Crippen molar-refractivity contribution in [3.63, 3.8) is 0 Å². The van der Waals surface area contributed by atoms with E-state index in [9.17, 15) is 4.79 Å². The van der Waals surface area contributed by atoms with E-state index in [2.05, 4.69) is 34.7 Å². The minimum absolute atomic E-state index is 0.164. The Morgan fingerprint density at radius 1 is 1.47 bits per heavy atom. The minimum atomic E-state index is -0.164. The molecule has 102 valence electrons. The summed E-state index contributed by atoms with van der Waals surface area (Å²) < 4.78 is 1.71. The summed E-state index contributed by atoms with van der Waals surface area (Å²) in [5.74, 6) is 0. The van der Waals surface area contributed by atoms with Crippen LogP contribution in [0.5, 0.6) is 0 Å². The molecule has 4 nitrogen and oxygen atoms in total. The molecule has 0 aliphatic heterocycles. The van der Waals surface area contributed by atoms with Crippen molar-refractivity contribution in [2.75, 3.05) is 6.54 Å². The molecule has 0 aliphatic rings. The summed E-state index contributed by atoms with van der Waals surface area (Å²) in [6, 6.07) is 6.42. The van der Waals surface area contributed by atoms with Crippen LogP contribution in [0.4, 0.5) is 0 Å². The molecule has 1 atom stereocenters. The maximum atomic E-state index is 11.8. The molecule has 2 aromatic rings. The Kier molecular flexibility index (Phi) is 4.50. The molecule has 5 heteroatoms. The molecule has 2 rings (SSSR count). The van der Waals surface area contributed by atoms with E-state index in [1.807, 2.05) is 19.9 Å². The number of nitrogens with one attached hydrogen (secondary N) is 1. The van der Waals surface area contributed by atoms with Gasteiger partial charge in [-0.25, -0.2) is 4.79 Å². The molecule has 0 bridgehead atoms. The van der Waals surface area contributed by atoms with E-state index in [-0.39, 0.29) is 5.69 Å². The molecule has 1 unspecified atom stereocenters. The summed E-state index contributed by atoms with van der Waals surface area (Å²) in [5.41, 5.74) is 1.57. The van der Waals surface area contributed by atoms with Gasteiger partial charge in [-0.3, -0.25) is 4.57 Å². The number of nitrogens with zero attached hydrogens (tertiary/aromatic N) is 2. The molecule has 2 aromatic heterocycles. The van der Waals surface area contributed by atoms with Crippen molar-refractivity contribution in [1.82, 2.24) is 14.9 Å². The fourth-order valence-electron chi connectivity index (χ4n) is 2.08. The second-order valence-corrected chi connectivity index (χ2v) is 5.64. The van der Waals surface area contributed by atoms with Crippen LogP contribution < -0.4 is 11.0 Å². The summed E-state index contributed by atoms with van der Waals surface area (Å²) in [5, 5.41) is 5.50. The summed E-state index contributed by atoms with van der Waals surface area (Å²) in [6.07, 6.45) is 0. The van der Waals surface area contributed by atoms with Crippen molar-refractivity contribution in [3.05, 3.63) is 50.3 Å². The maximum Gasteiger partial charge on any atom is 0.347 e. The van der Waals surface area contributed by atoms with Gasteiger partial charge < -0.3 is 5.32 Å². The van der Waals surface area contributed by atoms with Gasteiger partial charge in [0.15, 0.2) is 0 Å². The van der Waals surface area contributed by atoms with Gasteiger partial charge in [0.25, 0.3) is 0 Å². The fourth-order valence-corrected chi connectivity index (χ4v) is 2.84. The molecule has 0 saturated heterocycles. The quantitative estimate of drug-likeness (QED) is 0.912. The van der Waals surface area contributed by atoms with Crippen molar-refractivity contribution in [3.8, 4) is 0 Å². The van der Waals surface area contributed by atoms with Gasteiger partial charge in [0, 0.05) is 35.4 Å². The number of hydrogen-bond donors (Lipinski definition) is 1. The molecule has 0 spiro atoms. The molecular weight excluding hydrogens is 258 g/mol. The first kappa shape index (κ1) is 14.0. The van der Waals surface area contributed by atoms with Gasteiger partial charge in [-0.05, 0) is 38.3 Å². The Hall–Kier alpha value is -1.46. The Balaban J connectivity index is 1.95. The van der Waals surface area contributed by atoms with Crippen LogP contribution in [0.2, 0.25) is 0 Å². The first-order chi connectivity index (χ1) is 9.08. The molecule has 0 fully saturated rings. The molecular formula is C14H19N3OS. The molecule has 0 radical (unpaired) electrons. The van der Waals surface area contributed by atoms with Crippen LogP contribution in [0.25, 0.3) is 0 Å². The van der Waals surface area contributed by atoms with Crippen molar-refractivity contribution in [1.29, 1.82) is 0 Å². The lowest BCUT2D eigenvalue weighted by atomic mass is 10.3. The topological polar surface area (TPSA) is 46.9 Å². The second kappa shape index (κ2) is 6.12. The monoisotopic (exact) mass is 277 g/mol. The number of hydrogen-bond acceptors (Lipinski definition) is 4. The number of rotatable bonds is 5. The van der Waals surface area contributed by atoms with Crippen molar-refractivity contribution in [2.45, 2.75) is 33.4 Å². The van der Waals surface area contributed by atoms with Crippen LogP contribution in [0.15, 0.2) is 28.4 Å². The Morgan fingerprint density at radius 3 is 2.89 bits per heavy atom. The average molecular weight is 277 g/mol. The smallest absolute Gasteiger partial charge is 0.308 e. The molecule has 0 saturated carbocycles. The first-order valence-electron chi connectivity index (χ1n) is 6.40. The molecule has 0 amide bonds. The van der Waals surface area contributed by atoms with Crippen LogP contribution in [-0.2, 0) is 6.54 Å². The van der Waals surface area contributed by atoms with E-state index in [1.54, 1.807) is 15.9 Å². The van der Waals surface area contributed by atoms with E-state index < -0.39 is 0 Å². The molecule has 2 heterocycles. The zero-order chi connectivity index (χ0) is 13.8. The Labute approximate surface area is 117 Å². The standard InChI is InChI=1S/C14H19N3OS/c1-10-9-11(2)17(14(18)16-10)7-6-15-12(3)13-5-4-8-19-13/h4-5,8-9,12,15H,6-7H2,1-3H3. The maximum absolute atomic E-state index is 11.8. The van der Waals surface area contributed by atoms with E-state index in [1.165, 1.54) is 4.88 Å². The van der Waals surface area contributed by atoms with Gasteiger partial charge in [-0.2, -0.15) is 4.98 Å². The summed E-state index contributed by atoms with van der Waals surface area (Å²) in [4.78, 5) is 17.1. The largest absolute Gasteiger partial charge is 0.347 e. The van der Waals surface area contributed by atoms with Crippen LogP contribution >= 0.6 is 11.3 Å². The second-order valence-electron chi connectivity index (χ2n) is 4.66. The van der Waals surface area contributed by atoms with Gasteiger partial charge >= 0.3 is 5.69 Å². The Bertz CT molecular complexity index is 589. The predicted octanol–water partition coefficient (Wildman–Crippen LogP) is 2.27. The van der Waals surface area contributed by atoms with Gasteiger partial charge in [-0.1, -0.05) is 6.07 Å². The van der Waals surface area contributed by atoms with Gasteiger partial charge in [0.05, 0.1) is 0 Å². The van der Waals surface area contributed by atoms with E-state index in [4.69, 9.17) is 0 Å². The molecule has 1 N–H and O–H groups in total. The summed E-state index contributed by atoms with van der Waals surface area (Å²) >= 11 is 1.74. The summed E-state index contributed by atoms with van der Waals surface area (Å²) in [6.45, 7) is 7.32. The minimum Gasteiger partial charge on any atom is -0.308 e. The third-order valence-electron chi connectivity index (χ3n) is 3.10. The molecule has 19 heavy (non-hydrogen) atoms. The van der Waals surface area contributed by atoms with Gasteiger partial charge in [0.1, 0.15) is 0 Å². The van der Waals surface area contributed by atoms with E-state index in [0.717, 1.165) is 17.9 Å². The van der Waals surface area contributed by atoms with Crippen LogP contribution in [0, 0.1) is 13.8 Å².